The Bertz CT molecular complexity index is 1130. The van der Waals surface area contributed by atoms with E-state index in [1.54, 1.807) is 37.3 Å². The maximum Gasteiger partial charge on any atom is 0.293 e. The topological polar surface area (TPSA) is 97.4 Å². The molecule has 1 heterocycles. The van der Waals surface area contributed by atoms with Crippen molar-refractivity contribution in [2.75, 3.05) is 5.32 Å². The number of nitro groups is 1. The molecule has 0 aliphatic rings. The Morgan fingerprint density at radius 2 is 1.90 bits per heavy atom. The highest BCUT2D eigenvalue weighted by molar-refractivity contribution is 7.80. The molecule has 2 N–H and O–H groups in total. The van der Waals surface area contributed by atoms with E-state index in [0.717, 1.165) is 5.56 Å². The third-order valence-corrected chi connectivity index (χ3v) is 4.60. The van der Waals surface area contributed by atoms with Gasteiger partial charge in [-0.2, -0.15) is 0 Å². The summed E-state index contributed by atoms with van der Waals surface area (Å²) in [6.07, 6.45) is 0. The van der Waals surface area contributed by atoms with Crippen molar-refractivity contribution in [3.63, 3.8) is 0 Å². The van der Waals surface area contributed by atoms with Gasteiger partial charge in [-0.3, -0.25) is 20.2 Å². The number of nitrogens with zero attached hydrogens (tertiary/aromatic N) is 1. The van der Waals surface area contributed by atoms with E-state index in [0.29, 0.717) is 21.4 Å². The number of amides is 1. The predicted molar refractivity (Wildman–Crippen MR) is 116 cm³/mol. The maximum absolute atomic E-state index is 12.4. The van der Waals surface area contributed by atoms with E-state index in [9.17, 15) is 14.9 Å². The van der Waals surface area contributed by atoms with Crippen molar-refractivity contribution in [2.45, 2.75) is 6.92 Å². The minimum Gasteiger partial charge on any atom is -0.451 e. The van der Waals surface area contributed by atoms with E-state index in [1.165, 1.54) is 18.2 Å². The molecule has 148 valence electrons. The molecule has 0 fully saturated rings. The highest BCUT2D eigenvalue weighted by Gasteiger charge is 2.18. The molecule has 0 atom stereocenters. The van der Waals surface area contributed by atoms with Crippen molar-refractivity contribution in [3.8, 4) is 11.3 Å². The van der Waals surface area contributed by atoms with Gasteiger partial charge in [0.05, 0.1) is 9.95 Å². The van der Waals surface area contributed by atoms with Crippen molar-refractivity contribution >= 4 is 57.8 Å². The number of furan rings is 1. The minimum absolute atomic E-state index is 0.00595. The second kappa shape index (κ2) is 8.60. The molecule has 29 heavy (non-hydrogen) atoms. The first kappa shape index (κ1) is 20.8. The first-order valence-corrected chi connectivity index (χ1v) is 9.33. The first-order chi connectivity index (χ1) is 13.7. The number of nitrogens with one attached hydrogen (secondary N) is 2. The molecule has 1 aromatic heterocycles. The van der Waals surface area contributed by atoms with E-state index in [-0.39, 0.29) is 22.2 Å². The summed E-state index contributed by atoms with van der Waals surface area (Å²) in [6, 6.07) is 12.5. The number of nitro benzene ring substituents is 1. The van der Waals surface area contributed by atoms with Gasteiger partial charge in [-0.1, -0.05) is 29.3 Å². The van der Waals surface area contributed by atoms with Crippen molar-refractivity contribution in [1.29, 1.82) is 0 Å². The summed E-state index contributed by atoms with van der Waals surface area (Å²) in [7, 11) is 0. The summed E-state index contributed by atoms with van der Waals surface area (Å²) in [4.78, 5) is 23.0. The molecule has 0 saturated carbocycles. The normalized spacial score (nSPS) is 10.4. The molecule has 0 bridgehead atoms. The monoisotopic (exact) mass is 449 g/mol. The molecule has 0 spiro atoms. The van der Waals surface area contributed by atoms with Crippen LogP contribution in [0.4, 0.5) is 11.4 Å². The zero-order valence-electron chi connectivity index (χ0n) is 14.9. The van der Waals surface area contributed by atoms with Gasteiger partial charge in [-0.15, -0.1) is 0 Å². The van der Waals surface area contributed by atoms with Gasteiger partial charge in [0.2, 0.25) is 0 Å². The highest BCUT2D eigenvalue weighted by Crippen LogP contribution is 2.31. The van der Waals surface area contributed by atoms with Crippen LogP contribution < -0.4 is 10.6 Å². The van der Waals surface area contributed by atoms with E-state index >= 15 is 0 Å². The summed E-state index contributed by atoms with van der Waals surface area (Å²) in [5.74, 6) is -0.243. The van der Waals surface area contributed by atoms with Crippen molar-refractivity contribution in [2.24, 2.45) is 0 Å². The van der Waals surface area contributed by atoms with E-state index in [1.807, 2.05) is 0 Å². The lowest BCUT2D eigenvalue weighted by molar-refractivity contribution is -0.383. The maximum atomic E-state index is 12.4. The lowest BCUT2D eigenvalue weighted by Crippen LogP contribution is -2.34. The van der Waals surface area contributed by atoms with Gasteiger partial charge < -0.3 is 9.73 Å². The third-order valence-electron chi connectivity index (χ3n) is 3.85. The van der Waals surface area contributed by atoms with Gasteiger partial charge in [-0.05, 0) is 61.1 Å². The zero-order chi connectivity index (χ0) is 21.1. The summed E-state index contributed by atoms with van der Waals surface area (Å²) in [5, 5.41) is 17.0. The van der Waals surface area contributed by atoms with Gasteiger partial charge in [0.15, 0.2) is 10.9 Å². The smallest absolute Gasteiger partial charge is 0.293 e. The Labute approximate surface area is 180 Å². The standard InChI is InChI=1S/C19H13Cl2N3O4S/c1-10-2-5-14(15(8-10)24(26)27)22-19(29)23-18(25)17-7-6-16(28-17)12-4-3-11(20)9-13(12)21/h2-9H,1H3,(H2,22,23,25,29). The molecule has 1 amide bonds. The largest absolute Gasteiger partial charge is 0.451 e. The number of aryl methyl sites for hydroxylation is 1. The fraction of sp³-hybridized carbons (Fsp3) is 0.0526. The number of anilines is 1. The van der Waals surface area contributed by atoms with Gasteiger partial charge in [-0.25, -0.2) is 0 Å². The average molecular weight is 450 g/mol. The van der Waals surface area contributed by atoms with E-state index in [2.05, 4.69) is 10.6 Å². The lowest BCUT2D eigenvalue weighted by atomic mass is 10.2. The van der Waals surface area contributed by atoms with Gasteiger partial charge in [0.1, 0.15) is 11.4 Å². The molecular formula is C19H13Cl2N3O4S. The van der Waals surface area contributed by atoms with Crippen LogP contribution in [-0.2, 0) is 0 Å². The van der Waals surface area contributed by atoms with Crippen LogP contribution >= 0.6 is 35.4 Å². The molecular weight excluding hydrogens is 437 g/mol. The fourth-order valence-corrected chi connectivity index (χ4v) is 3.21. The molecule has 0 aliphatic heterocycles. The summed E-state index contributed by atoms with van der Waals surface area (Å²) in [5.41, 5.74) is 1.31. The van der Waals surface area contributed by atoms with Crippen LogP contribution in [0.25, 0.3) is 11.3 Å². The van der Waals surface area contributed by atoms with Crippen LogP contribution in [0.5, 0.6) is 0 Å². The van der Waals surface area contributed by atoms with E-state index < -0.39 is 10.8 Å². The summed E-state index contributed by atoms with van der Waals surface area (Å²) in [6.45, 7) is 1.73. The van der Waals surface area contributed by atoms with Crippen LogP contribution in [0.2, 0.25) is 10.0 Å². The number of carbonyl (C=O) groups is 1. The van der Waals surface area contributed by atoms with Crippen LogP contribution in [0.3, 0.4) is 0 Å². The fourth-order valence-electron chi connectivity index (χ4n) is 2.51. The molecule has 3 rings (SSSR count). The Morgan fingerprint density at radius 1 is 1.14 bits per heavy atom. The molecule has 7 nitrogen and oxygen atoms in total. The second-order valence-electron chi connectivity index (χ2n) is 5.97. The molecule has 2 aromatic carbocycles. The number of rotatable bonds is 4. The number of hydrogen-bond donors (Lipinski definition) is 2. The Morgan fingerprint density at radius 3 is 2.59 bits per heavy atom. The summed E-state index contributed by atoms with van der Waals surface area (Å²) >= 11 is 17.1. The lowest BCUT2D eigenvalue weighted by Gasteiger charge is -2.09. The molecule has 10 heteroatoms. The number of halogens is 2. The second-order valence-corrected chi connectivity index (χ2v) is 7.23. The van der Waals surface area contributed by atoms with Crippen molar-refractivity contribution in [1.82, 2.24) is 5.32 Å². The number of carbonyl (C=O) groups excluding carboxylic acids is 1. The Kier molecular flexibility index (Phi) is 6.17. The first-order valence-electron chi connectivity index (χ1n) is 8.17. The van der Waals surface area contributed by atoms with Crippen LogP contribution in [0, 0.1) is 17.0 Å². The van der Waals surface area contributed by atoms with Crippen LogP contribution in [0.15, 0.2) is 52.9 Å². The average Bonchev–Trinajstić information content (AvgIpc) is 3.13. The van der Waals surface area contributed by atoms with Crippen molar-refractivity contribution < 1.29 is 14.1 Å². The van der Waals surface area contributed by atoms with E-state index in [4.69, 9.17) is 39.8 Å². The van der Waals surface area contributed by atoms with Gasteiger partial charge in [0, 0.05) is 16.7 Å². The Hall–Kier alpha value is -2.94. The third kappa shape index (κ3) is 4.92. The molecule has 0 unspecified atom stereocenters. The van der Waals surface area contributed by atoms with Gasteiger partial charge in [0.25, 0.3) is 11.6 Å². The van der Waals surface area contributed by atoms with Crippen LogP contribution in [0.1, 0.15) is 16.1 Å². The quantitative estimate of drug-likeness (QED) is 0.305. The zero-order valence-corrected chi connectivity index (χ0v) is 17.2. The molecule has 3 aromatic rings. The van der Waals surface area contributed by atoms with Crippen LogP contribution in [-0.4, -0.2) is 15.9 Å². The minimum atomic E-state index is -0.617. The van der Waals surface area contributed by atoms with Gasteiger partial charge >= 0.3 is 0 Å². The number of hydrogen-bond acceptors (Lipinski definition) is 5. The SMILES string of the molecule is Cc1ccc(NC(=S)NC(=O)c2ccc(-c3ccc(Cl)cc3Cl)o2)c([N+](=O)[O-])c1. The molecule has 0 radical (unpaired) electrons. The molecule has 0 aliphatic carbocycles. The number of benzene rings is 2. The summed E-state index contributed by atoms with van der Waals surface area (Å²) < 4.78 is 5.55. The van der Waals surface area contributed by atoms with Crippen molar-refractivity contribution in [3.05, 3.63) is 80.0 Å². The molecule has 0 saturated heterocycles. The Balaban J connectivity index is 1.72. The highest BCUT2D eigenvalue weighted by atomic mass is 35.5. The predicted octanol–water partition coefficient (Wildman–Crippen LogP) is 5.60. The number of thiocarbonyl (C=S) groups is 1.